The first kappa shape index (κ1) is 22.2. The van der Waals surface area contributed by atoms with Crippen molar-refractivity contribution in [2.24, 2.45) is 0 Å². The van der Waals surface area contributed by atoms with E-state index in [2.05, 4.69) is 90.9 Å². The number of hydrogen-bond donors (Lipinski definition) is 0. The Hall–Kier alpha value is -2.08. The molecular weight excluding hydrogens is 459 g/mol. The molecule has 4 heteroatoms. The topological polar surface area (TPSA) is 16.4 Å². The van der Waals surface area contributed by atoms with Crippen molar-refractivity contribution in [1.29, 1.82) is 0 Å². The highest BCUT2D eigenvalue weighted by atomic mass is 127. The molecule has 1 heterocycles. The molecule has 3 rings (SSSR count). The van der Waals surface area contributed by atoms with E-state index in [-0.39, 0.29) is 24.0 Å². The van der Waals surface area contributed by atoms with Crippen LogP contribution in [0.3, 0.4) is 0 Å². The van der Waals surface area contributed by atoms with Crippen LogP contribution in [0.25, 0.3) is 23.1 Å². The van der Waals surface area contributed by atoms with Gasteiger partial charge in [0.15, 0.2) is 0 Å². The van der Waals surface area contributed by atoms with E-state index in [9.17, 15) is 0 Å². The van der Waals surface area contributed by atoms with Gasteiger partial charge in [0.1, 0.15) is 12.3 Å². The highest BCUT2D eigenvalue weighted by molar-refractivity contribution is 5.79. The molecule has 2 aromatic carbocycles. The maximum absolute atomic E-state index is 5.40. The summed E-state index contributed by atoms with van der Waals surface area (Å²) in [6.07, 6.45) is 4.37. The molecule has 0 bridgehead atoms. The molecule has 0 saturated carbocycles. The van der Waals surface area contributed by atoms with Crippen LogP contribution in [0.2, 0.25) is 0 Å². The van der Waals surface area contributed by atoms with Gasteiger partial charge in [-0.2, -0.15) is 4.57 Å². The number of hydrogen-bond acceptors (Lipinski definition) is 2. The first-order valence-corrected chi connectivity index (χ1v) is 9.73. The summed E-state index contributed by atoms with van der Waals surface area (Å²) in [5, 5.41) is 1.22. The highest BCUT2D eigenvalue weighted by Gasteiger charge is 2.13. The molecule has 28 heavy (non-hydrogen) atoms. The first-order valence-electron chi connectivity index (χ1n) is 9.73. The van der Waals surface area contributed by atoms with Crippen LogP contribution in [0.4, 0.5) is 5.69 Å². The van der Waals surface area contributed by atoms with Gasteiger partial charge in [0.2, 0.25) is 11.2 Å². The van der Waals surface area contributed by atoms with Gasteiger partial charge in [-0.25, -0.2) is 0 Å². The maximum Gasteiger partial charge on any atom is 0.216 e. The molecule has 148 valence electrons. The summed E-state index contributed by atoms with van der Waals surface area (Å²) in [6, 6.07) is 19.3. The zero-order valence-corrected chi connectivity index (χ0v) is 19.3. The van der Waals surface area contributed by atoms with E-state index in [0.717, 1.165) is 25.4 Å². The van der Waals surface area contributed by atoms with Crippen LogP contribution in [-0.2, 0) is 6.54 Å². The third kappa shape index (κ3) is 4.85. The van der Waals surface area contributed by atoms with E-state index >= 15 is 0 Å². The third-order valence-corrected chi connectivity index (χ3v) is 5.06. The summed E-state index contributed by atoms with van der Waals surface area (Å²) in [5.41, 5.74) is 4.86. The average Bonchev–Trinajstić information content (AvgIpc) is 2.73. The molecule has 1 aromatic heterocycles. The monoisotopic (exact) mass is 488 g/mol. The lowest BCUT2D eigenvalue weighted by atomic mass is 10.1. The average molecular weight is 488 g/mol. The number of anilines is 1. The van der Waals surface area contributed by atoms with Gasteiger partial charge in [-0.3, -0.25) is 0 Å². The second-order valence-corrected chi connectivity index (χ2v) is 6.52. The Morgan fingerprint density at radius 3 is 2.18 bits per heavy atom. The van der Waals surface area contributed by atoms with Crippen LogP contribution < -0.4 is 38.2 Å². The SMILES string of the molecule is CCN(CC)c1ccc(/C=C/c2ccc3ccc(OC)cc3[n+]2CC)cc1.[I-]. The first-order chi connectivity index (χ1) is 13.2. The normalized spacial score (nSPS) is 10.9. The zero-order chi connectivity index (χ0) is 19.2. The predicted octanol–water partition coefficient (Wildman–Crippen LogP) is 2.18. The Morgan fingerprint density at radius 1 is 0.893 bits per heavy atom. The van der Waals surface area contributed by atoms with E-state index in [1.807, 2.05) is 6.07 Å². The number of fused-ring (bicyclic) bond motifs is 1. The van der Waals surface area contributed by atoms with E-state index in [4.69, 9.17) is 4.74 Å². The fraction of sp³-hybridized carbons (Fsp3) is 0.292. The Bertz CT molecular complexity index is 931. The smallest absolute Gasteiger partial charge is 0.216 e. The fourth-order valence-electron chi connectivity index (χ4n) is 3.49. The summed E-state index contributed by atoms with van der Waals surface area (Å²) in [4.78, 5) is 2.36. The van der Waals surface area contributed by atoms with E-state index < -0.39 is 0 Å². The number of ether oxygens (including phenoxy) is 1. The lowest BCUT2D eigenvalue weighted by molar-refractivity contribution is -0.669. The van der Waals surface area contributed by atoms with Gasteiger partial charge in [0.05, 0.1) is 13.2 Å². The van der Waals surface area contributed by atoms with E-state index in [1.165, 1.54) is 27.8 Å². The number of rotatable bonds is 7. The largest absolute Gasteiger partial charge is 1.00 e. The Kier molecular flexibility index (Phi) is 8.30. The van der Waals surface area contributed by atoms with E-state index in [1.54, 1.807) is 7.11 Å². The molecule has 0 aliphatic heterocycles. The quantitative estimate of drug-likeness (QED) is 0.375. The standard InChI is InChI=1S/C24H29N2O.HI/c1-5-25(6-2)21-13-8-19(9-14-21)10-15-22-16-11-20-12-17-23(27-4)18-24(20)26(22)7-3;/h8-18H,5-7H2,1-4H3;1H/q+1;/p-1. The van der Waals surface area contributed by atoms with Gasteiger partial charge in [-0.05, 0) is 62.7 Å². The predicted molar refractivity (Wildman–Crippen MR) is 115 cm³/mol. The molecule has 3 nitrogen and oxygen atoms in total. The van der Waals surface area contributed by atoms with Crippen LogP contribution in [0, 0.1) is 0 Å². The molecule has 0 amide bonds. The van der Waals surface area contributed by atoms with Crippen molar-refractivity contribution in [3.05, 3.63) is 65.9 Å². The van der Waals surface area contributed by atoms with Crippen molar-refractivity contribution in [2.75, 3.05) is 25.1 Å². The molecule has 0 N–H and O–H groups in total. The molecule has 3 aromatic rings. The highest BCUT2D eigenvalue weighted by Crippen LogP contribution is 2.20. The van der Waals surface area contributed by atoms with Crippen LogP contribution in [0.1, 0.15) is 32.0 Å². The molecule has 0 aliphatic carbocycles. The Labute approximate surface area is 185 Å². The summed E-state index contributed by atoms with van der Waals surface area (Å²) in [7, 11) is 1.71. The number of aryl methyl sites for hydroxylation is 1. The number of aromatic nitrogens is 1. The van der Waals surface area contributed by atoms with Gasteiger partial charge in [-0.15, -0.1) is 0 Å². The minimum atomic E-state index is 0. The van der Waals surface area contributed by atoms with Crippen molar-refractivity contribution >= 4 is 28.7 Å². The number of halogens is 1. The number of benzene rings is 2. The molecule has 0 fully saturated rings. The van der Waals surface area contributed by atoms with Crippen LogP contribution in [0.15, 0.2) is 54.6 Å². The summed E-state index contributed by atoms with van der Waals surface area (Å²) >= 11 is 0. The summed E-state index contributed by atoms with van der Waals surface area (Å²) in [6.45, 7) is 9.52. The van der Waals surface area contributed by atoms with Gasteiger partial charge in [-0.1, -0.05) is 12.1 Å². The number of methoxy groups -OCH3 is 1. The van der Waals surface area contributed by atoms with Crippen molar-refractivity contribution < 1.29 is 33.3 Å². The van der Waals surface area contributed by atoms with Crippen molar-refractivity contribution in [3.8, 4) is 5.75 Å². The fourth-order valence-corrected chi connectivity index (χ4v) is 3.49. The third-order valence-electron chi connectivity index (χ3n) is 5.06. The van der Waals surface area contributed by atoms with Gasteiger partial charge >= 0.3 is 0 Å². The molecule has 0 aliphatic rings. The van der Waals surface area contributed by atoms with E-state index in [0.29, 0.717) is 0 Å². The summed E-state index contributed by atoms with van der Waals surface area (Å²) < 4.78 is 7.72. The molecule has 0 atom stereocenters. The number of nitrogens with zero attached hydrogens (tertiary/aromatic N) is 2. The lowest BCUT2D eigenvalue weighted by Gasteiger charge is -2.20. The Morgan fingerprint density at radius 2 is 1.57 bits per heavy atom. The molecular formula is C24H29IN2O. The lowest BCUT2D eigenvalue weighted by Crippen LogP contribution is -3.00. The molecule has 0 radical (unpaired) electrons. The minimum absolute atomic E-state index is 0. The van der Waals surface area contributed by atoms with Gasteiger partial charge < -0.3 is 33.6 Å². The Balaban J connectivity index is 0.00000280. The van der Waals surface area contributed by atoms with Gasteiger partial charge in [0, 0.05) is 36.3 Å². The van der Waals surface area contributed by atoms with Crippen molar-refractivity contribution in [1.82, 2.24) is 0 Å². The van der Waals surface area contributed by atoms with Crippen LogP contribution in [0.5, 0.6) is 5.75 Å². The van der Waals surface area contributed by atoms with Crippen LogP contribution >= 0.6 is 0 Å². The zero-order valence-electron chi connectivity index (χ0n) is 17.2. The maximum atomic E-state index is 5.40. The van der Waals surface area contributed by atoms with Crippen molar-refractivity contribution in [3.63, 3.8) is 0 Å². The molecule has 0 spiro atoms. The molecule has 0 unspecified atom stereocenters. The second-order valence-electron chi connectivity index (χ2n) is 6.52. The summed E-state index contributed by atoms with van der Waals surface area (Å²) in [5.74, 6) is 0.887. The van der Waals surface area contributed by atoms with Crippen molar-refractivity contribution in [2.45, 2.75) is 27.3 Å². The molecule has 0 saturated heterocycles. The minimum Gasteiger partial charge on any atom is -1.00 e. The van der Waals surface area contributed by atoms with Gasteiger partial charge in [0.25, 0.3) is 0 Å². The van der Waals surface area contributed by atoms with Crippen LogP contribution in [-0.4, -0.2) is 20.2 Å². The second kappa shape index (κ2) is 10.5. The number of pyridine rings is 1.